The number of carbonyl (C=O) groups excluding carboxylic acids is 1. The number of nitrogens with zero attached hydrogens (tertiary/aromatic N) is 1. The van der Waals surface area contributed by atoms with Crippen molar-refractivity contribution in [2.75, 3.05) is 6.61 Å². The summed E-state index contributed by atoms with van der Waals surface area (Å²) in [7, 11) is 0. The number of benzene rings is 2. The molecule has 1 N–H and O–H groups in total. The van der Waals surface area contributed by atoms with Crippen molar-refractivity contribution < 1.29 is 9.53 Å². The van der Waals surface area contributed by atoms with Gasteiger partial charge in [-0.2, -0.15) is 5.10 Å². The lowest BCUT2D eigenvalue weighted by Gasteiger charge is -2.20. The summed E-state index contributed by atoms with van der Waals surface area (Å²) < 4.78 is 7.33. The third kappa shape index (κ3) is 6.29. The summed E-state index contributed by atoms with van der Waals surface area (Å²) in [4.78, 5) is 11.8. The van der Waals surface area contributed by atoms with Crippen molar-refractivity contribution in [1.29, 1.82) is 0 Å². The lowest BCUT2D eigenvalue weighted by molar-refractivity contribution is -0.123. The van der Waals surface area contributed by atoms with E-state index in [0.717, 1.165) is 14.5 Å². The van der Waals surface area contributed by atoms with Crippen LogP contribution in [-0.2, 0) is 10.2 Å². The van der Waals surface area contributed by atoms with Crippen LogP contribution in [0.4, 0.5) is 0 Å². The van der Waals surface area contributed by atoms with E-state index < -0.39 is 0 Å². The van der Waals surface area contributed by atoms with Crippen molar-refractivity contribution in [2.24, 2.45) is 5.10 Å². The number of nitrogens with one attached hydrogen (secondary N) is 1. The third-order valence-electron chi connectivity index (χ3n) is 3.41. The minimum Gasteiger partial charge on any atom is -0.483 e. The Labute approximate surface area is 164 Å². The smallest absolute Gasteiger partial charge is 0.277 e. The molecule has 25 heavy (non-hydrogen) atoms. The maximum Gasteiger partial charge on any atom is 0.277 e. The molecule has 2 aromatic carbocycles. The minimum absolute atomic E-state index is 0.0551. The molecule has 0 saturated heterocycles. The van der Waals surface area contributed by atoms with Gasteiger partial charge in [-0.15, -0.1) is 0 Å². The van der Waals surface area contributed by atoms with Crippen molar-refractivity contribution in [3.8, 4) is 5.75 Å². The maximum atomic E-state index is 11.8. The predicted octanol–water partition coefficient (Wildman–Crippen LogP) is 5.04. The normalized spacial score (nSPS) is 11.6. The highest BCUT2D eigenvalue weighted by Crippen LogP contribution is 2.31. The second-order valence-electron chi connectivity index (χ2n) is 6.53. The molecule has 0 bridgehead atoms. The van der Waals surface area contributed by atoms with Crippen LogP contribution < -0.4 is 10.2 Å². The number of hydrazone groups is 1. The van der Waals surface area contributed by atoms with Crippen LogP contribution in [-0.4, -0.2) is 18.7 Å². The van der Waals surface area contributed by atoms with Gasteiger partial charge < -0.3 is 4.74 Å². The van der Waals surface area contributed by atoms with E-state index in [0.29, 0.717) is 5.75 Å². The lowest BCUT2D eigenvalue weighted by Crippen LogP contribution is -2.24. The SMILES string of the molecule is CC(C)(C)c1ccc(OCC(=O)N/N=C/c2cccc(Br)c2)c(Br)c1. The first-order chi connectivity index (χ1) is 11.8. The van der Waals surface area contributed by atoms with E-state index in [1.807, 2.05) is 42.5 Å². The third-order valence-corrected chi connectivity index (χ3v) is 4.52. The quantitative estimate of drug-likeness (QED) is 0.494. The number of rotatable bonds is 5. The van der Waals surface area contributed by atoms with E-state index in [9.17, 15) is 4.79 Å². The van der Waals surface area contributed by atoms with Crippen LogP contribution in [0.5, 0.6) is 5.75 Å². The largest absolute Gasteiger partial charge is 0.483 e. The zero-order chi connectivity index (χ0) is 18.4. The Kier molecular flexibility index (Phi) is 6.79. The number of amides is 1. The van der Waals surface area contributed by atoms with E-state index in [2.05, 4.69) is 63.2 Å². The molecule has 0 radical (unpaired) electrons. The fraction of sp³-hybridized carbons (Fsp3) is 0.263. The van der Waals surface area contributed by atoms with Gasteiger partial charge in [0, 0.05) is 4.47 Å². The summed E-state index contributed by atoms with van der Waals surface area (Å²) in [5.41, 5.74) is 4.58. The first-order valence-electron chi connectivity index (χ1n) is 7.76. The number of hydrogen-bond donors (Lipinski definition) is 1. The summed E-state index contributed by atoms with van der Waals surface area (Å²) in [5.74, 6) is 0.303. The van der Waals surface area contributed by atoms with Gasteiger partial charge in [0.05, 0.1) is 10.7 Å². The van der Waals surface area contributed by atoms with Crippen LogP contribution >= 0.6 is 31.9 Å². The Morgan fingerprint density at radius 1 is 1.20 bits per heavy atom. The average Bonchev–Trinajstić information content (AvgIpc) is 2.53. The molecule has 4 nitrogen and oxygen atoms in total. The average molecular weight is 468 g/mol. The molecule has 2 rings (SSSR count). The van der Waals surface area contributed by atoms with Crippen LogP contribution in [0.15, 0.2) is 56.5 Å². The van der Waals surface area contributed by atoms with E-state index in [1.54, 1.807) is 6.21 Å². The van der Waals surface area contributed by atoms with Crippen LogP contribution in [0.2, 0.25) is 0 Å². The Balaban J connectivity index is 1.88. The van der Waals surface area contributed by atoms with Gasteiger partial charge in [0.15, 0.2) is 6.61 Å². The molecule has 0 aliphatic carbocycles. The molecule has 0 spiro atoms. The van der Waals surface area contributed by atoms with Gasteiger partial charge in [0.25, 0.3) is 5.91 Å². The Bertz CT molecular complexity index is 783. The van der Waals surface area contributed by atoms with E-state index in [1.165, 1.54) is 5.56 Å². The van der Waals surface area contributed by atoms with Gasteiger partial charge in [-0.25, -0.2) is 5.43 Å². The van der Waals surface area contributed by atoms with Gasteiger partial charge in [0.1, 0.15) is 5.75 Å². The predicted molar refractivity (Wildman–Crippen MR) is 108 cm³/mol. The Morgan fingerprint density at radius 3 is 2.60 bits per heavy atom. The fourth-order valence-electron chi connectivity index (χ4n) is 2.03. The molecule has 0 saturated carbocycles. The summed E-state index contributed by atoms with van der Waals surface area (Å²) >= 11 is 6.87. The highest BCUT2D eigenvalue weighted by Gasteiger charge is 2.15. The van der Waals surface area contributed by atoms with E-state index in [4.69, 9.17) is 4.74 Å². The molecule has 0 fully saturated rings. The molecule has 0 aliphatic heterocycles. The van der Waals surface area contributed by atoms with Crippen molar-refractivity contribution in [1.82, 2.24) is 5.43 Å². The van der Waals surface area contributed by atoms with E-state index in [-0.39, 0.29) is 17.9 Å². The first-order valence-corrected chi connectivity index (χ1v) is 9.34. The molecule has 0 aliphatic rings. The number of halogens is 2. The zero-order valence-electron chi connectivity index (χ0n) is 14.3. The monoisotopic (exact) mass is 466 g/mol. The summed E-state index contributed by atoms with van der Waals surface area (Å²) in [6.45, 7) is 6.33. The van der Waals surface area contributed by atoms with E-state index >= 15 is 0 Å². The molecule has 0 unspecified atom stereocenters. The Morgan fingerprint density at radius 2 is 1.96 bits per heavy atom. The summed E-state index contributed by atoms with van der Waals surface area (Å²) in [6, 6.07) is 13.5. The van der Waals surface area contributed by atoms with Crippen molar-refractivity contribution in [2.45, 2.75) is 26.2 Å². The highest BCUT2D eigenvalue weighted by atomic mass is 79.9. The molecule has 6 heteroatoms. The second-order valence-corrected chi connectivity index (χ2v) is 8.30. The zero-order valence-corrected chi connectivity index (χ0v) is 17.5. The van der Waals surface area contributed by atoms with Crippen molar-refractivity contribution in [3.63, 3.8) is 0 Å². The van der Waals surface area contributed by atoms with Gasteiger partial charge in [-0.05, 0) is 56.7 Å². The van der Waals surface area contributed by atoms with Gasteiger partial charge in [-0.1, -0.05) is 54.9 Å². The molecular formula is C19H20Br2N2O2. The fourth-order valence-corrected chi connectivity index (χ4v) is 2.94. The molecule has 0 aromatic heterocycles. The van der Waals surface area contributed by atoms with Crippen LogP contribution in [0, 0.1) is 0 Å². The maximum absolute atomic E-state index is 11.8. The van der Waals surface area contributed by atoms with Gasteiger partial charge >= 0.3 is 0 Å². The number of carbonyl (C=O) groups is 1. The number of hydrogen-bond acceptors (Lipinski definition) is 3. The summed E-state index contributed by atoms with van der Waals surface area (Å²) in [6.07, 6.45) is 1.58. The van der Waals surface area contributed by atoms with Crippen molar-refractivity contribution >= 4 is 44.0 Å². The lowest BCUT2D eigenvalue weighted by atomic mass is 9.87. The Hall–Kier alpha value is -1.66. The highest BCUT2D eigenvalue weighted by molar-refractivity contribution is 9.10. The summed E-state index contributed by atoms with van der Waals surface area (Å²) in [5, 5.41) is 3.93. The molecule has 132 valence electrons. The molecular weight excluding hydrogens is 448 g/mol. The van der Waals surface area contributed by atoms with Crippen LogP contribution in [0.25, 0.3) is 0 Å². The minimum atomic E-state index is -0.321. The molecule has 1 amide bonds. The standard InChI is InChI=1S/C19H20Br2N2O2/c1-19(2,3)14-7-8-17(16(21)10-14)25-12-18(24)23-22-11-13-5-4-6-15(20)9-13/h4-11H,12H2,1-3H3,(H,23,24)/b22-11+. The van der Waals surface area contributed by atoms with Gasteiger partial charge in [0.2, 0.25) is 0 Å². The van der Waals surface area contributed by atoms with Crippen LogP contribution in [0.1, 0.15) is 31.9 Å². The molecule has 2 aromatic rings. The van der Waals surface area contributed by atoms with Crippen LogP contribution in [0.3, 0.4) is 0 Å². The number of ether oxygens (including phenoxy) is 1. The molecule has 0 atom stereocenters. The molecule has 0 heterocycles. The van der Waals surface area contributed by atoms with Gasteiger partial charge in [-0.3, -0.25) is 4.79 Å². The second kappa shape index (κ2) is 8.63. The van der Waals surface area contributed by atoms with Crippen molar-refractivity contribution in [3.05, 3.63) is 62.5 Å². The topological polar surface area (TPSA) is 50.7 Å². The first kappa shape index (κ1) is 19.7.